The number of nitrogens with zero attached hydrogens (tertiary/aromatic N) is 2. The standard InChI is InChI=1S/C16H11N2/c1-12(15-7-5-13(10-17)6-8-15)16-4-2-3-14(9-16)11-18/h2-9H,1H3. The molecule has 18 heavy (non-hydrogen) atoms. The van der Waals surface area contributed by atoms with Crippen molar-refractivity contribution in [3.05, 3.63) is 76.7 Å². The van der Waals surface area contributed by atoms with Crippen molar-refractivity contribution in [1.82, 2.24) is 0 Å². The summed E-state index contributed by atoms with van der Waals surface area (Å²) in [6.07, 6.45) is 0. The lowest BCUT2D eigenvalue weighted by atomic mass is 9.92. The van der Waals surface area contributed by atoms with Gasteiger partial charge in [0.05, 0.1) is 23.3 Å². The minimum atomic E-state index is 0.650. The van der Waals surface area contributed by atoms with E-state index in [-0.39, 0.29) is 0 Å². The first-order chi connectivity index (χ1) is 8.74. The first kappa shape index (κ1) is 11.9. The van der Waals surface area contributed by atoms with Crippen LogP contribution in [0.4, 0.5) is 0 Å². The van der Waals surface area contributed by atoms with Gasteiger partial charge in [0.2, 0.25) is 0 Å². The van der Waals surface area contributed by atoms with Crippen LogP contribution in [0, 0.1) is 28.6 Å². The van der Waals surface area contributed by atoms with Gasteiger partial charge in [0.25, 0.3) is 0 Å². The van der Waals surface area contributed by atoms with E-state index in [2.05, 4.69) is 12.1 Å². The molecule has 0 amide bonds. The van der Waals surface area contributed by atoms with Crippen molar-refractivity contribution in [3.8, 4) is 12.1 Å². The molecule has 0 fully saturated rings. The van der Waals surface area contributed by atoms with Gasteiger partial charge in [-0.3, -0.25) is 0 Å². The lowest BCUT2D eigenvalue weighted by Crippen LogP contribution is -1.97. The van der Waals surface area contributed by atoms with Crippen LogP contribution in [0.25, 0.3) is 0 Å². The normalized spacial score (nSPS) is 9.78. The third kappa shape index (κ3) is 2.39. The molecule has 0 saturated heterocycles. The summed E-state index contributed by atoms with van der Waals surface area (Å²) >= 11 is 0. The first-order valence-corrected chi connectivity index (χ1v) is 5.59. The number of rotatable bonds is 2. The molecular weight excluding hydrogens is 220 g/mol. The second kappa shape index (κ2) is 5.17. The Labute approximate surface area is 107 Å². The fourth-order valence-electron chi connectivity index (χ4n) is 1.78. The second-order valence-electron chi connectivity index (χ2n) is 4.01. The Kier molecular flexibility index (Phi) is 3.41. The van der Waals surface area contributed by atoms with Crippen LogP contribution >= 0.6 is 0 Å². The van der Waals surface area contributed by atoms with Gasteiger partial charge in [-0.25, -0.2) is 0 Å². The average Bonchev–Trinajstić information content (AvgIpc) is 2.46. The van der Waals surface area contributed by atoms with Crippen LogP contribution in [0.3, 0.4) is 0 Å². The Morgan fingerprint density at radius 3 is 2.11 bits per heavy atom. The molecule has 0 aliphatic heterocycles. The molecule has 0 bridgehead atoms. The van der Waals surface area contributed by atoms with E-state index in [1.807, 2.05) is 37.3 Å². The Bertz CT molecular complexity index is 627. The highest BCUT2D eigenvalue weighted by Crippen LogP contribution is 2.23. The van der Waals surface area contributed by atoms with Gasteiger partial charge in [-0.05, 0) is 35.4 Å². The van der Waals surface area contributed by atoms with Crippen molar-refractivity contribution in [2.75, 3.05) is 0 Å². The Hall–Kier alpha value is -2.58. The van der Waals surface area contributed by atoms with Gasteiger partial charge in [0.1, 0.15) is 0 Å². The van der Waals surface area contributed by atoms with Crippen molar-refractivity contribution in [3.63, 3.8) is 0 Å². The lowest BCUT2D eigenvalue weighted by Gasteiger charge is -2.11. The zero-order chi connectivity index (χ0) is 13.0. The summed E-state index contributed by atoms with van der Waals surface area (Å²) in [5.41, 5.74) is 3.39. The molecule has 0 saturated carbocycles. The number of hydrogen-bond donors (Lipinski definition) is 0. The van der Waals surface area contributed by atoms with Crippen LogP contribution in [-0.2, 0) is 0 Å². The van der Waals surface area contributed by atoms with E-state index < -0.39 is 0 Å². The van der Waals surface area contributed by atoms with Gasteiger partial charge in [0.15, 0.2) is 0 Å². The van der Waals surface area contributed by atoms with E-state index in [4.69, 9.17) is 10.5 Å². The van der Waals surface area contributed by atoms with E-state index >= 15 is 0 Å². The fourth-order valence-corrected chi connectivity index (χ4v) is 1.78. The van der Waals surface area contributed by atoms with Crippen molar-refractivity contribution in [2.24, 2.45) is 0 Å². The van der Waals surface area contributed by atoms with E-state index in [0.717, 1.165) is 17.0 Å². The van der Waals surface area contributed by atoms with Crippen LogP contribution in [-0.4, -0.2) is 0 Å². The molecule has 2 rings (SSSR count). The van der Waals surface area contributed by atoms with Crippen molar-refractivity contribution < 1.29 is 0 Å². The van der Waals surface area contributed by atoms with Crippen molar-refractivity contribution >= 4 is 0 Å². The Morgan fingerprint density at radius 1 is 0.833 bits per heavy atom. The smallest absolute Gasteiger partial charge is 0.0991 e. The molecule has 2 aromatic rings. The predicted octanol–water partition coefficient (Wildman–Crippen LogP) is 3.42. The summed E-state index contributed by atoms with van der Waals surface area (Å²) in [6, 6.07) is 19.2. The van der Waals surface area contributed by atoms with Crippen LogP contribution in [0.5, 0.6) is 0 Å². The molecule has 0 unspecified atom stereocenters. The topological polar surface area (TPSA) is 47.6 Å². The Balaban J connectivity index is 2.32. The zero-order valence-corrected chi connectivity index (χ0v) is 10.0. The highest BCUT2D eigenvalue weighted by molar-refractivity contribution is 5.48. The van der Waals surface area contributed by atoms with Crippen LogP contribution in [0.2, 0.25) is 0 Å². The van der Waals surface area contributed by atoms with Gasteiger partial charge in [-0.2, -0.15) is 10.5 Å². The molecule has 2 heteroatoms. The third-order valence-corrected chi connectivity index (χ3v) is 2.87. The number of hydrogen-bond acceptors (Lipinski definition) is 2. The van der Waals surface area contributed by atoms with Crippen LogP contribution in [0.15, 0.2) is 48.5 Å². The summed E-state index contributed by atoms with van der Waals surface area (Å²) in [4.78, 5) is 0. The molecule has 2 nitrogen and oxygen atoms in total. The summed E-state index contributed by atoms with van der Waals surface area (Å²) in [7, 11) is 0. The Morgan fingerprint density at radius 2 is 1.50 bits per heavy atom. The molecule has 2 aromatic carbocycles. The largest absolute Gasteiger partial charge is 0.192 e. The monoisotopic (exact) mass is 231 g/mol. The first-order valence-electron chi connectivity index (χ1n) is 5.59. The number of benzene rings is 2. The third-order valence-electron chi connectivity index (χ3n) is 2.87. The van der Waals surface area contributed by atoms with Gasteiger partial charge in [0, 0.05) is 5.92 Å². The summed E-state index contributed by atoms with van der Waals surface area (Å²) in [5.74, 6) is 1.09. The number of nitriles is 2. The van der Waals surface area contributed by atoms with E-state index in [9.17, 15) is 0 Å². The maximum atomic E-state index is 8.89. The molecule has 0 aromatic heterocycles. The van der Waals surface area contributed by atoms with E-state index in [1.54, 1.807) is 18.2 Å². The summed E-state index contributed by atoms with van der Waals surface area (Å²) in [6.45, 7) is 2.01. The molecule has 0 N–H and O–H groups in total. The highest BCUT2D eigenvalue weighted by Gasteiger charge is 2.09. The zero-order valence-electron chi connectivity index (χ0n) is 10.0. The second-order valence-corrected chi connectivity index (χ2v) is 4.01. The summed E-state index contributed by atoms with van der Waals surface area (Å²) in [5, 5.41) is 17.6. The van der Waals surface area contributed by atoms with Gasteiger partial charge < -0.3 is 0 Å². The molecule has 85 valence electrons. The van der Waals surface area contributed by atoms with Crippen LogP contribution < -0.4 is 0 Å². The lowest BCUT2D eigenvalue weighted by molar-refractivity contribution is 1.19. The SMILES string of the molecule is C[C](c1ccc(C#N)cc1)c1cccc(C#N)c1. The molecule has 1 radical (unpaired) electrons. The molecule has 0 atom stereocenters. The van der Waals surface area contributed by atoms with Crippen molar-refractivity contribution in [1.29, 1.82) is 10.5 Å². The molecule has 0 aliphatic carbocycles. The summed E-state index contributed by atoms with van der Waals surface area (Å²) < 4.78 is 0. The molecule has 0 spiro atoms. The van der Waals surface area contributed by atoms with Gasteiger partial charge >= 0.3 is 0 Å². The average molecular weight is 231 g/mol. The molecular formula is C16H11N2. The molecule has 0 heterocycles. The predicted molar refractivity (Wildman–Crippen MR) is 69.4 cm³/mol. The van der Waals surface area contributed by atoms with Crippen molar-refractivity contribution in [2.45, 2.75) is 6.92 Å². The highest BCUT2D eigenvalue weighted by atomic mass is 14.2. The van der Waals surface area contributed by atoms with Gasteiger partial charge in [-0.15, -0.1) is 0 Å². The maximum Gasteiger partial charge on any atom is 0.0991 e. The quantitative estimate of drug-likeness (QED) is 0.795. The van der Waals surface area contributed by atoms with Crippen LogP contribution in [0.1, 0.15) is 29.2 Å². The van der Waals surface area contributed by atoms with Gasteiger partial charge in [-0.1, -0.05) is 31.2 Å². The minimum absolute atomic E-state index is 0.650. The van der Waals surface area contributed by atoms with E-state index in [1.165, 1.54) is 0 Å². The minimum Gasteiger partial charge on any atom is -0.192 e. The van der Waals surface area contributed by atoms with E-state index in [0.29, 0.717) is 11.1 Å². The maximum absolute atomic E-state index is 8.89. The molecule has 0 aliphatic rings. The fraction of sp³-hybridized carbons (Fsp3) is 0.0625.